The highest BCUT2D eigenvalue weighted by Gasteiger charge is 2.19. The Kier molecular flexibility index (Phi) is 3.99. The molecule has 5 heteroatoms. The summed E-state index contributed by atoms with van der Waals surface area (Å²) < 4.78 is 7.14. The number of hydrogen-bond donors (Lipinski definition) is 1. The third kappa shape index (κ3) is 2.69. The second kappa shape index (κ2) is 5.92. The average molecular weight is 304 g/mol. The fraction of sp³-hybridized carbons (Fsp3) is 0.312. The van der Waals surface area contributed by atoms with E-state index in [1.54, 1.807) is 6.26 Å². The molecule has 1 atom stereocenters. The van der Waals surface area contributed by atoms with Crippen LogP contribution in [0.1, 0.15) is 24.2 Å². The fourth-order valence-electron chi connectivity index (χ4n) is 2.73. The lowest BCUT2D eigenvalue weighted by Crippen LogP contribution is -2.23. The second-order valence-corrected chi connectivity index (χ2v) is 5.39. The molecule has 4 nitrogen and oxygen atoms in total. The van der Waals surface area contributed by atoms with Crippen molar-refractivity contribution in [2.45, 2.75) is 19.4 Å². The first kappa shape index (κ1) is 14.2. The first-order chi connectivity index (χ1) is 10.2. The number of fused-ring (bicyclic) bond motifs is 1. The average Bonchev–Trinajstić information content (AvgIpc) is 3.04. The summed E-state index contributed by atoms with van der Waals surface area (Å²) in [5, 5.41) is 9.74. The van der Waals surface area contributed by atoms with Crippen LogP contribution < -0.4 is 5.32 Å². The number of hydrogen-bond acceptors (Lipinski definition) is 3. The van der Waals surface area contributed by atoms with Crippen LogP contribution in [-0.2, 0) is 13.5 Å². The van der Waals surface area contributed by atoms with Gasteiger partial charge in [-0.2, -0.15) is 5.10 Å². The van der Waals surface area contributed by atoms with Crippen LogP contribution in [0.15, 0.2) is 41.0 Å². The minimum absolute atomic E-state index is 0.0968. The quantitative estimate of drug-likeness (QED) is 0.781. The SMILES string of the molecule is CCNC(Cc1nn(C)c2ccccc12)c1ccoc1Cl. The maximum absolute atomic E-state index is 6.13. The topological polar surface area (TPSA) is 43.0 Å². The van der Waals surface area contributed by atoms with E-state index in [-0.39, 0.29) is 6.04 Å². The van der Waals surface area contributed by atoms with Crippen LogP contribution in [0.4, 0.5) is 0 Å². The monoisotopic (exact) mass is 303 g/mol. The van der Waals surface area contributed by atoms with Gasteiger partial charge in [-0.3, -0.25) is 4.68 Å². The molecule has 3 aromatic rings. The van der Waals surface area contributed by atoms with Gasteiger partial charge in [-0.05, 0) is 30.3 Å². The largest absolute Gasteiger partial charge is 0.453 e. The molecule has 0 saturated carbocycles. The minimum Gasteiger partial charge on any atom is -0.453 e. The Labute approximate surface area is 128 Å². The van der Waals surface area contributed by atoms with E-state index in [4.69, 9.17) is 16.0 Å². The molecule has 21 heavy (non-hydrogen) atoms. The smallest absolute Gasteiger partial charge is 0.197 e. The minimum atomic E-state index is 0.0968. The van der Waals surface area contributed by atoms with E-state index in [1.165, 1.54) is 5.39 Å². The lowest BCUT2D eigenvalue weighted by Gasteiger charge is -2.15. The molecule has 0 aliphatic rings. The molecule has 2 aromatic heterocycles. The molecular weight excluding hydrogens is 286 g/mol. The summed E-state index contributed by atoms with van der Waals surface area (Å²) in [4.78, 5) is 0. The number of furan rings is 1. The van der Waals surface area contributed by atoms with E-state index in [0.717, 1.165) is 29.7 Å². The standard InChI is InChI=1S/C16H18ClN3O/c1-3-18-13(12-8-9-21-16(12)17)10-14-11-6-4-5-7-15(11)20(2)19-14/h4-9,13,18H,3,10H2,1-2H3. The van der Waals surface area contributed by atoms with Crippen LogP contribution in [0, 0.1) is 0 Å². The highest BCUT2D eigenvalue weighted by molar-refractivity contribution is 6.29. The highest BCUT2D eigenvalue weighted by Crippen LogP contribution is 2.28. The van der Waals surface area contributed by atoms with Crippen LogP contribution in [0.2, 0.25) is 5.22 Å². The molecule has 0 aliphatic carbocycles. The summed E-state index contributed by atoms with van der Waals surface area (Å²) in [6.45, 7) is 2.94. The van der Waals surface area contributed by atoms with E-state index in [9.17, 15) is 0 Å². The number of aryl methyl sites for hydroxylation is 1. The number of benzene rings is 1. The molecular formula is C16H18ClN3O. The summed E-state index contributed by atoms with van der Waals surface area (Å²) >= 11 is 6.13. The molecule has 1 unspecified atom stereocenters. The van der Waals surface area contributed by atoms with Crippen molar-refractivity contribution in [3.8, 4) is 0 Å². The lowest BCUT2D eigenvalue weighted by atomic mass is 10.0. The molecule has 110 valence electrons. The van der Waals surface area contributed by atoms with Gasteiger partial charge in [-0.15, -0.1) is 0 Å². The second-order valence-electron chi connectivity index (χ2n) is 5.05. The van der Waals surface area contributed by atoms with Crippen molar-refractivity contribution in [2.24, 2.45) is 7.05 Å². The third-order valence-electron chi connectivity index (χ3n) is 3.70. The van der Waals surface area contributed by atoms with E-state index < -0.39 is 0 Å². The fourth-order valence-corrected chi connectivity index (χ4v) is 2.97. The number of likely N-dealkylation sites (N-methyl/N-ethyl adjacent to an activating group) is 1. The van der Waals surface area contributed by atoms with Crippen molar-refractivity contribution < 1.29 is 4.42 Å². The van der Waals surface area contributed by atoms with Gasteiger partial charge in [-0.25, -0.2) is 0 Å². The molecule has 0 fully saturated rings. The van der Waals surface area contributed by atoms with Gasteiger partial charge in [0, 0.05) is 30.5 Å². The Morgan fingerprint density at radius 3 is 2.86 bits per heavy atom. The normalized spacial score (nSPS) is 12.9. The Bertz CT molecular complexity index is 747. The maximum atomic E-state index is 6.13. The zero-order chi connectivity index (χ0) is 14.8. The molecule has 0 radical (unpaired) electrons. The van der Waals surface area contributed by atoms with Gasteiger partial charge in [-0.1, -0.05) is 25.1 Å². The molecule has 3 rings (SSSR count). The first-order valence-electron chi connectivity index (χ1n) is 7.07. The summed E-state index contributed by atoms with van der Waals surface area (Å²) in [6.07, 6.45) is 2.40. The van der Waals surface area contributed by atoms with E-state index in [0.29, 0.717) is 5.22 Å². The number of rotatable bonds is 5. The molecule has 1 N–H and O–H groups in total. The number of nitrogens with zero attached hydrogens (tertiary/aromatic N) is 2. The highest BCUT2D eigenvalue weighted by atomic mass is 35.5. The number of nitrogens with one attached hydrogen (secondary N) is 1. The van der Waals surface area contributed by atoms with E-state index in [1.807, 2.05) is 29.9 Å². The molecule has 0 bridgehead atoms. The number of para-hydroxylation sites is 1. The van der Waals surface area contributed by atoms with Gasteiger partial charge in [0.1, 0.15) is 0 Å². The van der Waals surface area contributed by atoms with Crippen molar-refractivity contribution in [1.82, 2.24) is 15.1 Å². The van der Waals surface area contributed by atoms with Gasteiger partial charge in [0.2, 0.25) is 0 Å². The zero-order valence-corrected chi connectivity index (χ0v) is 12.9. The van der Waals surface area contributed by atoms with Crippen LogP contribution in [-0.4, -0.2) is 16.3 Å². The zero-order valence-electron chi connectivity index (χ0n) is 12.1. The first-order valence-corrected chi connectivity index (χ1v) is 7.45. The maximum Gasteiger partial charge on any atom is 0.197 e. The molecule has 1 aromatic carbocycles. The van der Waals surface area contributed by atoms with Gasteiger partial charge in [0.15, 0.2) is 5.22 Å². The van der Waals surface area contributed by atoms with Gasteiger partial charge in [0.25, 0.3) is 0 Å². The van der Waals surface area contributed by atoms with Crippen molar-refractivity contribution >= 4 is 22.5 Å². The van der Waals surface area contributed by atoms with Crippen LogP contribution in [0.25, 0.3) is 10.9 Å². The van der Waals surface area contributed by atoms with Crippen LogP contribution >= 0.6 is 11.6 Å². The van der Waals surface area contributed by atoms with Gasteiger partial charge >= 0.3 is 0 Å². The Hall–Kier alpha value is -1.78. The van der Waals surface area contributed by atoms with E-state index >= 15 is 0 Å². The van der Waals surface area contributed by atoms with Crippen molar-refractivity contribution in [1.29, 1.82) is 0 Å². The summed E-state index contributed by atoms with van der Waals surface area (Å²) in [6, 6.07) is 10.3. The van der Waals surface area contributed by atoms with Crippen LogP contribution in [0.5, 0.6) is 0 Å². The predicted molar refractivity (Wildman–Crippen MR) is 84.6 cm³/mol. The van der Waals surface area contributed by atoms with Crippen molar-refractivity contribution in [3.63, 3.8) is 0 Å². The molecule has 0 spiro atoms. The Balaban J connectivity index is 1.97. The van der Waals surface area contributed by atoms with Crippen LogP contribution in [0.3, 0.4) is 0 Å². The van der Waals surface area contributed by atoms with Crippen molar-refractivity contribution in [2.75, 3.05) is 6.54 Å². The van der Waals surface area contributed by atoms with E-state index in [2.05, 4.69) is 29.5 Å². The number of halogens is 1. The third-order valence-corrected chi connectivity index (χ3v) is 4.01. The lowest BCUT2D eigenvalue weighted by molar-refractivity contribution is 0.521. The predicted octanol–water partition coefficient (Wildman–Crippen LogP) is 3.71. The molecule has 0 aliphatic heterocycles. The molecule has 0 saturated heterocycles. The summed E-state index contributed by atoms with van der Waals surface area (Å²) in [5.74, 6) is 0. The Morgan fingerprint density at radius 2 is 2.14 bits per heavy atom. The molecule has 0 amide bonds. The summed E-state index contributed by atoms with van der Waals surface area (Å²) in [7, 11) is 1.97. The Morgan fingerprint density at radius 1 is 1.33 bits per heavy atom. The summed E-state index contributed by atoms with van der Waals surface area (Å²) in [5.41, 5.74) is 3.19. The van der Waals surface area contributed by atoms with Gasteiger partial charge in [0.05, 0.1) is 17.5 Å². The van der Waals surface area contributed by atoms with Crippen molar-refractivity contribution in [3.05, 3.63) is 53.1 Å². The number of aromatic nitrogens is 2. The molecule has 2 heterocycles. The van der Waals surface area contributed by atoms with Gasteiger partial charge < -0.3 is 9.73 Å².